The van der Waals surface area contributed by atoms with Crippen LogP contribution in [0.1, 0.15) is 37.7 Å². The van der Waals surface area contributed by atoms with E-state index in [-0.39, 0.29) is 11.4 Å². The molecule has 0 radical (unpaired) electrons. The normalized spacial score (nSPS) is 15.9. The summed E-state index contributed by atoms with van der Waals surface area (Å²) in [5.41, 5.74) is 5.00. The highest BCUT2D eigenvalue weighted by Gasteiger charge is 2.29. The number of likely N-dealkylation sites (N-methyl/N-ethyl adjacent to an activating group) is 1. The molecule has 0 saturated heterocycles. The molecule has 0 saturated carbocycles. The number of allylic oxidation sites excluding steroid dienone is 2. The molecule has 0 amide bonds. The summed E-state index contributed by atoms with van der Waals surface area (Å²) in [6.07, 6.45) is 3.73. The summed E-state index contributed by atoms with van der Waals surface area (Å²) in [5.74, 6) is 0.0753. The van der Waals surface area contributed by atoms with E-state index in [4.69, 9.17) is 0 Å². The summed E-state index contributed by atoms with van der Waals surface area (Å²) in [6.45, 7) is 6.23. The number of halogens is 1. The molecule has 2 aromatic carbocycles. The van der Waals surface area contributed by atoms with E-state index >= 15 is 0 Å². The van der Waals surface area contributed by atoms with E-state index in [1.807, 2.05) is 44.3 Å². The average molecular weight is 372 g/mol. The van der Waals surface area contributed by atoms with Crippen LogP contribution >= 0.6 is 0 Å². The predicted octanol–water partition coefficient (Wildman–Crippen LogP) is 5.40. The van der Waals surface area contributed by atoms with Crippen molar-refractivity contribution in [2.24, 2.45) is 0 Å². The Balaban J connectivity index is 1.83. The topological polar surface area (TPSA) is 55.7 Å². The van der Waals surface area contributed by atoms with Crippen molar-refractivity contribution in [1.29, 1.82) is 5.26 Å². The third kappa shape index (κ3) is 2.87. The van der Waals surface area contributed by atoms with Gasteiger partial charge < -0.3 is 9.88 Å². The van der Waals surface area contributed by atoms with Crippen molar-refractivity contribution in [2.75, 3.05) is 11.9 Å². The molecule has 2 heterocycles. The Labute approximate surface area is 163 Å². The van der Waals surface area contributed by atoms with Crippen LogP contribution in [0.15, 0.2) is 42.5 Å². The lowest BCUT2D eigenvalue weighted by Gasteiger charge is -2.40. The van der Waals surface area contributed by atoms with Crippen LogP contribution in [0, 0.1) is 17.1 Å². The average Bonchev–Trinajstić information content (AvgIpc) is 3.08. The first kappa shape index (κ1) is 18.0. The maximum absolute atomic E-state index is 14.9. The van der Waals surface area contributed by atoms with Crippen molar-refractivity contribution in [3.63, 3.8) is 0 Å². The largest absolute Gasteiger partial charge is 0.365 e. The van der Waals surface area contributed by atoms with Crippen LogP contribution in [0.2, 0.25) is 0 Å². The molecular weight excluding hydrogens is 351 g/mol. The summed E-state index contributed by atoms with van der Waals surface area (Å²) in [6, 6.07) is 13.1. The first-order valence-corrected chi connectivity index (χ1v) is 9.14. The van der Waals surface area contributed by atoms with Gasteiger partial charge in [-0.25, -0.2) is 9.37 Å². The summed E-state index contributed by atoms with van der Waals surface area (Å²) in [7, 11) is 1.96. The molecule has 0 fully saturated rings. The lowest BCUT2D eigenvalue weighted by atomic mass is 9.88. The highest BCUT2D eigenvalue weighted by molar-refractivity contribution is 5.92. The molecule has 140 valence electrons. The van der Waals surface area contributed by atoms with E-state index < -0.39 is 0 Å². The van der Waals surface area contributed by atoms with E-state index in [1.165, 1.54) is 0 Å². The number of fused-ring (bicyclic) bond motifs is 2. The minimum Gasteiger partial charge on any atom is -0.365 e. The predicted molar refractivity (Wildman–Crippen MR) is 112 cm³/mol. The molecule has 4 rings (SSSR count). The molecule has 0 unspecified atom stereocenters. The number of hydrogen-bond acceptors (Lipinski definition) is 3. The zero-order chi connectivity index (χ0) is 20.1. The van der Waals surface area contributed by atoms with Crippen molar-refractivity contribution >= 4 is 33.9 Å². The van der Waals surface area contributed by atoms with Gasteiger partial charge in [0.15, 0.2) is 0 Å². The maximum Gasteiger partial charge on any atom is 0.149 e. The van der Waals surface area contributed by atoms with Crippen LogP contribution < -0.4 is 4.90 Å². The number of para-hydroxylation sites is 2. The van der Waals surface area contributed by atoms with Gasteiger partial charge in [-0.3, -0.25) is 0 Å². The van der Waals surface area contributed by atoms with Crippen molar-refractivity contribution in [3.8, 4) is 6.07 Å². The van der Waals surface area contributed by atoms with E-state index in [9.17, 15) is 9.65 Å². The highest BCUT2D eigenvalue weighted by Crippen LogP contribution is 2.39. The highest BCUT2D eigenvalue weighted by atomic mass is 19.1. The number of nitrogens with zero attached hydrogens (tertiary/aromatic N) is 3. The van der Waals surface area contributed by atoms with Crippen LogP contribution in [0.3, 0.4) is 0 Å². The number of imidazole rings is 1. The molecule has 0 aliphatic carbocycles. The van der Waals surface area contributed by atoms with E-state index in [0.29, 0.717) is 17.0 Å². The fourth-order valence-electron chi connectivity index (χ4n) is 3.69. The Morgan fingerprint density at radius 3 is 2.75 bits per heavy atom. The molecule has 4 nitrogen and oxygen atoms in total. The van der Waals surface area contributed by atoms with Crippen molar-refractivity contribution in [1.82, 2.24) is 9.97 Å². The van der Waals surface area contributed by atoms with Gasteiger partial charge in [0.2, 0.25) is 0 Å². The number of rotatable bonds is 2. The van der Waals surface area contributed by atoms with Gasteiger partial charge in [-0.15, -0.1) is 0 Å². The molecule has 1 aromatic heterocycles. The number of aromatic amines is 1. The van der Waals surface area contributed by atoms with Gasteiger partial charge in [0.25, 0.3) is 0 Å². The van der Waals surface area contributed by atoms with Gasteiger partial charge >= 0.3 is 0 Å². The Morgan fingerprint density at radius 2 is 2.04 bits per heavy atom. The minimum atomic E-state index is -0.361. The number of hydrogen-bond donors (Lipinski definition) is 1. The van der Waals surface area contributed by atoms with Gasteiger partial charge in [-0.05, 0) is 56.7 Å². The van der Waals surface area contributed by atoms with E-state index in [2.05, 4.69) is 40.9 Å². The second-order valence-corrected chi connectivity index (χ2v) is 7.70. The van der Waals surface area contributed by atoms with E-state index in [0.717, 1.165) is 27.9 Å². The third-order valence-corrected chi connectivity index (χ3v) is 5.40. The molecular formula is C23H21FN4. The molecule has 0 atom stereocenters. The molecule has 1 aliphatic rings. The zero-order valence-electron chi connectivity index (χ0n) is 16.3. The van der Waals surface area contributed by atoms with Crippen LogP contribution in [0.5, 0.6) is 0 Å². The van der Waals surface area contributed by atoms with Crippen LogP contribution in [0.4, 0.5) is 10.1 Å². The molecule has 1 N–H and O–H groups in total. The summed E-state index contributed by atoms with van der Waals surface area (Å²) < 4.78 is 14.9. The summed E-state index contributed by atoms with van der Waals surface area (Å²) >= 11 is 0. The zero-order valence-corrected chi connectivity index (χ0v) is 16.3. The number of nitriles is 1. The fourth-order valence-corrected chi connectivity index (χ4v) is 3.69. The van der Waals surface area contributed by atoms with Gasteiger partial charge in [0, 0.05) is 23.9 Å². The van der Waals surface area contributed by atoms with Gasteiger partial charge in [0.05, 0.1) is 22.1 Å². The second kappa shape index (κ2) is 6.35. The number of aromatic nitrogens is 2. The maximum atomic E-state index is 14.9. The molecule has 3 aromatic rings. The SMILES string of the molecule is CC1=CC(C)(C)N(C)c2cc(F)c(/C=C(\C#N)c3nc4ccccc4[nH]3)cc21. The van der Waals surface area contributed by atoms with Crippen LogP contribution in [-0.4, -0.2) is 22.6 Å². The number of H-pyrrole nitrogens is 1. The molecule has 0 bridgehead atoms. The Morgan fingerprint density at radius 1 is 1.29 bits per heavy atom. The molecule has 1 aliphatic heterocycles. The number of benzene rings is 2. The third-order valence-electron chi connectivity index (χ3n) is 5.40. The first-order valence-electron chi connectivity index (χ1n) is 9.14. The van der Waals surface area contributed by atoms with Crippen molar-refractivity contribution < 1.29 is 4.39 Å². The summed E-state index contributed by atoms with van der Waals surface area (Å²) in [4.78, 5) is 9.65. The van der Waals surface area contributed by atoms with Crippen molar-refractivity contribution in [3.05, 3.63) is 65.2 Å². The number of nitrogens with one attached hydrogen (secondary N) is 1. The lowest BCUT2D eigenvalue weighted by molar-refractivity contribution is 0.588. The monoisotopic (exact) mass is 372 g/mol. The van der Waals surface area contributed by atoms with Crippen LogP contribution in [0.25, 0.3) is 28.3 Å². The summed E-state index contributed by atoms with van der Waals surface area (Å²) in [5, 5.41) is 9.64. The Kier molecular flexibility index (Phi) is 4.08. The minimum absolute atomic E-state index is 0.188. The van der Waals surface area contributed by atoms with Crippen LogP contribution in [-0.2, 0) is 0 Å². The lowest BCUT2D eigenvalue weighted by Crippen LogP contribution is -2.42. The Hall–Kier alpha value is -3.39. The smallest absolute Gasteiger partial charge is 0.149 e. The number of anilines is 1. The van der Waals surface area contributed by atoms with Gasteiger partial charge in [0.1, 0.15) is 17.7 Å². The standard InChI is InChI=1S/C23H21FN4/c1-14-12-23(2,3)28(4)21-11-18(24)15(10-17(14)21)9-16(13-25)22-26-19-7-5-6-8-20(19)27-22/h5-12H,1-4H3,(H,26,27)/b16-9+. The molecule has 28 heavy (non-hydrogen) atoms. The molecule has 0 spiro atoms. The van der Waals surface area contributed by atoms with E-state index in [1.54, 1.807) is 12.1 Å². The van der Waals surface area contributed by atoms with Gasteiger partial charge in [-0.1, -0.05) is 18.2 Å². The fraction of sp³-hybridized carbons (Fsp3) is 0.217. The first-order chi connectivity index (χ1) is 13.3. The quantitative estimate of drug-likeness (QED) is 0.613. The van der Waals surface area contributed by atoms with Gasteiger partial charge in [-0.2, -0.15) is 5.26 Å². The second-order valence-electron chi connectivity index (χ2n) is 7.70. The van der Waals surface area contributed by atoms with Crippen molar-refractivity contribution in [2.45, 2.75) is 26.3 Å². The Bertz CT molecular complexity index is 1160. The molecule has 5 heteroatoms.